The molecule has 0 saturated heterocycles. The van der Waals surface area contributed by atoms with Crippen LogP contribution in [0, 0.1) is 5.92 Å². The molecule has 1 aromatic rings. The standard InChI is InChI=1S/C9H14N2O/c1-8(7-12)6-11-9-4-2-3-5-10-9/h2-5,8,12H,6-7H2,1H3,(H,10,11). The summed E-state index contributed by atoms with van der Waals surface area (Å²) in [7, 11) is 0. The van der Waals surface area contributed by atoms with E-state index in [2.05, 4.69) is 10.3 Å². The highest BCUT2D eigenvalue weighted by molar-refractivity contribution is 5.32. The number of aromatic nitrogens is 1. The molecule has 1 atom stereocenters. The average Bonchev–Trinajstić information content (AvgIpc) is 2.16. The molecule has 3 nitrogen and oxygen atoms in total. The first kappa shape index (κ1) is 9.00. The summed E-state index contributed by atoms with van der Waals surface area (Å²) in [5.41, 5.74) is 0. The SMILES string of the molecule is CC(CO)CNc1ccccn1. The highest BCUT2D eigenvalue weighted by atomic mass is 16.3. The first-order valence-corrected chi connectivity index (χ1v) is 4.08. The van der Waals surface area contributed by atoms with Crippen molar-refractivity contribution in [2.75, 3.05) is 18.5 Å². The number of aliphatic hydroxyl groups excluding tert-OH is 1. The Morgan fingerprint density at radius 1 is 1.58 bits per heavy atom. The van der Waals surface area contributed by atoms with E-state index in [4.69, 9.17) is 5.11 Å². The maximum Gasteiger partial charge on any atom is 0.125 e. The van der Waals surface area contributed by atoms with Crippen molar-refractivity contribution in [3.63, 3.8) is 0 Å². The van der Waals surface area contributed by atoms with Crippen molar-refractivity contribution in [1.82, 2.24) is 4.98 Å². The Morgan fingerprint density at radius 3 is 3.00 bits per heavy atom. The molecule has 1 aromatic heterocycles. The van der Waals surface area contributed by atoms with Gasteiger partial charge in [-0.1, -0.05) is 13.0 Å². The van der Waals surface area contributed by atoms with Crippen LogP contribution in [-0.2, 0) is 0 Å². The summed E-state index contributed by atoms with van der Waals surface area (Å²) in [5, 5.41) is 11.9. The Kier molecular flexibility index (Phi) is 3.54. The van der Waals surface area contributed by atoms with E-state index in [1.165, 1.54) is 0 Å². The normalized spacial score (nSPS) is 12.5. The zero-order valence-electron chi connectivity index (χ0n) is 7.20. The molecule has 0 fully saturated rings. The summed E-state index contributed by atoms with van der Waals surface area (Å²) < 4.78 is 0. The van der Waals surface area contributed by atoms with Crippen molar-refractivity contribution in [3.05, 3.63) is 24.4 Å². The lowest BCUT2D eigenvalue weighted by Crippen LogP contribution is -2.14. The fraction of sp³-hybridized carbons (Fsp3) is 0.444. The third kappa shape index (κ3) is 2.88. The van der Waals surface area contributed by atoms with E-state index in [1.54, 1.807) is 6.20 Å². The first-order chi connectivity index (χ1) is 5.83. The van der Waals surface area contributed by atoms with Crippen LogP contribution in [0.4, 0.5) is 5.82 Å². The van der Waals surface area contributed by atoms with Crippen molar-refractivity contribution < 1.29 is 5.11 Å². The number of anilines is 1. The number of nitrogens with one attached hydrogen (secondary N) is 1. The molecule has 0 amide bonds. The summed E-state index contributed by atoms with van der Waals surface area (Å²) in [5.74, 6) is 1.13. The molecule has 0 spiro atoms. The predicted octanol–water partition coefficient (Wildman–Crippen LogP) is 1.12. The molecule has 0 radical (unpaired) electrons. The van der Waals surface area contributed by atoms with Gasteiger partial charge in [0.1, 0.15) is 5.82 Å². The van der Waals surface area contributed by atoms with Crippen LogP contribution in [0.5, 0.6) is 0 Å². The Hall–Kier alpha value is -1.09. The van der Waals surface area contributed by atoms with E-state index in [0.717, 1.165) is 12.4 Å². The smallest absolute Gasteiger partial charge is 0.125 e. The van der Waals surface area contributed by atoms with Crippen LogP contribution >= 0.6 is 0 Å². The second-order valence-corrected chi connectivity index (χ2v) is 2.88. The number of rotatable bonds is 4. The quantitative estimate of drug-likeness (QED) is 0.704. The number of hydrogen-bond acceptors (Lipinski definition) is 3. The van der Waals surface area contributed by atoms with Gasteiger partial charge in [0, 0.05) is 19.3 Å². The molecule has 0 bridgehead atoms. The lowest BCUT2D eigenvalue weighted by atomic mass is 10.2. The zero-order chi connectivity index (χ0) is 8.81. The molecule has 3 heteroatoms. The number of aliphatic hydroxyl groups is 1. The molecule has 1 heterocycles. The lowest BCUT2D eigenvalue weighted by Gasteiger charge is -2.09. The van der Waals surface area contributed by atoms with Gasteiger partial charge in [-0.3, -0.25) is 0 Å². The summed E-state index contributed by atoms with van der Waals surface area (Å²) in [6.45, 7) is 2.95. The molecule has 0 aliphatic carbocycles. The van der Waals surface area contributed by atoms with Crippen molar-refractivity contribution in [1.29, 1.82) is 0 Å². The van der Waals surface area contributed by atoms with Crippen LogP contribution in [0.1, 0.15) is 6.92 Å². The molecule has 0 aliphatic heterocycles. The average molecular weight is 166 g/mol. The van der Waals surface area contributed by atoms with Crippen molar-refractivity contribution in [3.8, 4) is 0 Å². The molecule has 1 rings (SSSR count). The van der Waals surface area contributed by atoms with E-state index in [1.807, 2.05) is 25.1 Å². The Balaban J connectivity index is 2.33. The third-order valence-corrected chi connectivity index (χ3v) is 1.61. The van der Waals surface area contributed by atoms with E-state index in [0.29, 0.717) is 0 Å². The first-order valence-electron chi connectivity index (χ1n) is 4.08. The van der Waals surface area contributed by atoms with Crippen LogP contribution < -0.4 is 5.32 Å². The highest BCUT2D eigenvalue weighted by Crippen LogP contribution is 2.01. The van der Waals surface area contributed by atoms with E-state index in [-0.39, 0.29) is 12.5 Å². The summed E-state index contributed by atoms with van der Waals surface area (Å²) in [6.07, 6.45) is 1.74. The maximum atomic E-state index is 8.75. The highest BCUT2D eigenvalue weighted by Gasteiger charge is 1.98. The molecular formula is C9H14N2O. The van der Waals surface area contributed by atoms with Gasteiger partial charge in [-0.2, -0.15) is 0 Å². The van der Waals surface area contributed by atoms with E-state index >= 15 is 0 Å². The molecule has 66 valence electrons. The van der Waals surface area contributed by atoms with Crippen LogP contribution in [0.2, 0.25) is 0 Å². The number of pyridine rings is 1. The molecule has 0 aromatic carbocycles. The predicted molar refractivity (Wildman–Crippen MR) is 49.0 cm³/mol. The van der Waals surface area contributed by atoms with Gasteiger partial charge in [0.05, 0.1) is 0 Å². The van der Waals surface area contributed by atoms with E-state index < -0.39 is 0 Å². The number of nitrogens with zero attached hydrogens (tertiary/aromatic N) is 1. The van der Waals surface area contributed by atoms with Crippen LogP contribution in [0.25, 0.3) is 0 Å². The van der Waals surface area contributed by atoms with Gasteiger partial charge in [0.2, 0.25) is 0 Å². The van der Waals surface area contributed by atoms with Gasteiger partial charge in [-0.25, -0.2) is 4.98 Å². The third-order valence-electron chi connectivity index (χ3n) is 1.61. The van der Waals surface area contributed by atoms with Crippen molar-refractivity contribution in [2.45, 2.75) is 6.92 Å². The maximum absolute atomic E-state index is 8.75. The topological polar surface area (TPSA) is 45.1 Å². The minimum Gasteiger partial charge on any atom is -0.396 e. The van der Waals surface area contributed by atoms with Crippen LogP contribution in [0.3, 0.4) is 0 Å². The number of hydrogen-bond donors (Lipinski definition) is 2. The van der Waals surface area contributed by atoms with Crippen LogP contribution in [-0.4, -0.2) is 23.2 Å². The summed E-state index contributed by atoms with van der Waals surface area (Å²) in [6, 6.07) is 5.71. The van der Waals surface area contributed by atoms with Crippen molar-refractivity contribution >= 4 is 5.82 Å². The second kappa shape index (κ2) is 4.72. The fourth-order valence-electron chi connectivity index (χ4n) is 0.811. The van der Waals surface area contributed by atoms with Gasteiger partial charge in [0.15, 0.2) is 0 Å². The van der Waals surface area contributed by atoms with Gasteiger partial charge in [0.25, 0.3) is 0 Å². The molecule has 1 unspecified atom stereocenters. The molecule has 12 heavy (non-hydrogen) atoms. The monoisotopic (exact) mass is 166 g/mol. The molecule has 0 aliphatic rings. The molecule has 0 saturated carbocycles. The van der Waals surface area contributed by atoms with Crippen LogP contribution in [0.15, 0.2) is 24.4 Å². The van der Waals surface area contributed by atoms with Gasteiger partial charge in [-0.05, 0) is 18.1 Å². The minimum atomic E-state index is 0.208. The Labute approximate surface area is 72.5 Å². The molecule has 2 N–H and O–H groups in total. The van der Waals surface area contributed by atoms with Gasteiger partial charge < -0.3 is 10.4 Å². The summed E-state index contributed by atoms with van der Waals surface area (Å²) in [4.78, 5) is 4.09. The molecular weight excluding hydrogens is 152 g/mol. The fourth-order valence-corrected chi connectivity index (χ4v) is 0.811. The van der Waals surface area contributed by atoms with Gasteiger partial charge in [-0.15, -0.1) is 0 Å². The largest absolute Gasteiger partial charge is 0.396 e. The van der Waals surface area contributed by atoms with E-state index in [9.17, 15) is 0 Å². The lowest BCUT2D eigenvalue weighted by molar-refractivity contribution is 0.244. The van der Waals surface area contributed by atoms with Crippen molar-refractivity contribution in [2.24, 2.45) is 5.92 Å². The second-order valence-electron chi connectivity index (χ2n) is 2.88. The zero-order valence-corrected chi connectivity index (χ0v) is 7.20. The van der Waals surface area contributed by atoms with Gasteiger partial charge >= 0.3 is 0 Å². The minimum absolute atomic E-state index is 0.208. The Morgan fingerprint density at radius 2 is 2.42 bits per heavy atom. The summed E-state index contributed by atoms with van der Waals surface area (Å²) >= 11 is 0. The Bertz CT molecular complexity index is 213.